The molecule has 1 aliphatic heterocycles. The van der Waals surface area contributed by atoms with Gasteiger partial charge in [0, 0.05) is 29.0 Å². The lowest BCUT2D eigenvalue weighted by Gasteiger charge is -2.18. The topological polar surface area (TPSA) is 20.3 Å². The third kappa shape index (κ3) is 2.29. The molecule has 2 nitrogen and oxygen atoms in total. The van der Waals surface area contributed by atoms with E-state index in [4.69, 9.17) is 0 Å². The number of hydrogen-bond acceptors (Lipinski definition) is 1. The van der Waals surface area contributed by atoms with Gasteiger partial charge in [-0.05, 0) is 37.1 Å². The summed E-state index contributed by atoms with van der Waals surface area (Å²) >= 11 is 3.54. The molecule has 1 aromatic rings. The number of halogens is 1. The second-order valence-electron chi connectivity index (χ2n) is 4.60. The third-order valence-corrected chi connectivity index (χ3v) is 4.47. The Morgan fingerprint density at radius 1 is 1.41 bits per heavy atom. The van der Waals surface area contributed by atoms with E-state index in [1.54, 1.807) is 0 Å². The second-order valence-corrected chi connectivity index (χ2v) is 5.39. The van der Waals surface area contributed by atoms with Crippen LogP contribution in [-0.4, -0.2) is 12.5 Å². The molecule has 1 unspecified atom stereocenters. The first-order valence-corrected chi connectivity index (χ1v) is 6.52. The fraction of sp³-hybridized carbons (Fsp3) is 0.357. The van der Waals surface area contributed by atoms with Crippen molar-refractivity contribution in [3.05, 3.63) is 40.4 Å². The fourth-order valence-electron chi connectivity index (χ4n) is 2.22. The van der Waals surface area contributed by atoms with E-state index < -0.39 is 0 Å². The lowest BCUT2D eigenvalue weighted by atomic mass is 10.1. The lowest BCUT2D eigenvalue weighted by molar-refractivity contribution is -0.117. The largest absolute Gasteiger partial charge is 0.312 e. The molecule has 3 heteroatoms. The molecule has 0 spiro atoms. The van der Waals surface area contributed by atoms with Crippen molar-refractivity contribution >= 4 is 27.5 Å². The number of nitrogens with zero attached hydrogens (tertiary/aromatic N) is 1. The maximum Gasteiger partial charge on any atom is 0.227 e. The summed E-state index contributed by atoms with van der Waals surface area (Å²) in [6.45, 7) is 8.62. The zero-order chi connectivity index (χ0) is 12.6. The molecule has 1 atom stereocenters. The summed E-state index contributed by atoms with van der Waals surface area (Å²) in [4.78, 5) is 13.8. The van der Waals surface area contributed by atoms with E-state index in [0.717, 1.165) is 27.8 Å². The summed E-state index contributed by atoms with van der Waals surface area (Å²) in [6, 6.07) is 4.11. The van der Waals surface area contributed by atoms with Crippen molar-refractivity contribution in [2.24, 2.45) is 5.92 Å². The molecule has 1 aromatic carbocycles. The minimum Gasteiger partial charge on any atom is -0.312 e. The van der Waals surface area contributed by atoms with Crippen molar-refractivity contribution in [3.8, 4) is 0 Å². The molecular weight excluding hydrogens is 278 g/mol. The van der Waals surface area contributed by atoms with E-state index in [-0.39, 0.29) is 11.8 Å². The Bertz CT molecular complexity index is 458. The van der Waals surface area contributed by atoms with Gasteiger partial charge in [-0.15, -0.1) is 6.58 Å². The number of carbonyl (C=O) groups excluding carboxylic acids is 1. The van der Waals surface area contributed by atoms with Crippen LogP contribution in [-0.2, 0) is 4.79 Å². The molecule has 0 bridgehead atoms. The third-order valence-electron chi connectivity index (χ3n) is 3.22. The summed E-state index contributed by atoms with van der Waals surface area (Å²) in [6.07, 6.45) is 2.45. The van der Waals surface area contributed by atoms with Crippen LogP contribution in [0.5, 0.6) is 0 Å². The smallest absolute Gasteiger partial charge is 0.227 e. The van der Waals surface area contributed by atoms with Gasteiger partial charge >= 0.3 is 0 Å². The summed E-state index contributed by atoms with van der Waals surface area (Å²) in [5.41, 5.74) is 3.32. The minimum absolute atomic E-state index is 0.191. The molecule has 0 saturated carbocycles. The van der Waals surface area contributed by atoms with Crippen molar-refractivity contribution in [2.45, 2.75) is 20.3 Å². The standard InChI is InChI=1S/C14H16BrNO/c1-4-11-7-13(17)16(8-11)12-5-9(2)14(15)10(3)6-12/h4-6,11H,1,7-8H2,2-3H3. The van der Waals surface area contributed by atoms with Crippen LogP contribution in [0.1, 0.15) is 17.5 Å². The number of rotatable bonds is 2. The maximum atomic E-state index is 11.9. The molecule has 1 heterocycles. The van der Waals surface area contributed by atoms with Crippen LogP contribution in [0.25, 0.3) is 0 Å². The average Bonchev–Trinajstić information content (AvgIpc) is 2.67. The number of aryl methyl sites for hydroxylation is 2. The fourth-order valence-corrected chi connectivity index (χ4v) is 2.45. The van der Waals surface area contributed by atoms with Gasteiger partial charge in [-0.2, -0.15) is 0 Å². The molecule has 90 valence electrons. The van der Waals surface area contributed by atoms with Crippen LogP contribution in [0.2, 0.25) is 0 Å². The highest BCUT2D eigenvalue weighted by Gasteiger charge is 2.28. The summed E-state index contributed by atoms with van der Waals surface area (Å²) < 4.78 is 1.12. The van der Waals surface area contributed by atoms with Crippen LogP contribution in [0.15, 0.2) is 29.3 Å². The van der Waals surface area contributed by atoms with E-state index in [1.165, 1.54) is 0 Å². The quantitative estimate of drug-likeness (QED) is 0.763. The van der Waals surface area contributed by atoms with Crippen molar-refractivity contribution in [1.82, 2.24) is 0 Å². The molecule has 17 heavy (non-hydrogen) atoms. The molecule has 1 aliphatic rings. The molecule has 0 radical (unpaired) electrons. The highest BCUT2D eigenvalue weighted by molar-refractivity contribution is 9.10. The number of amides is 1. The molecule has 2 rings (SSSR count). The number of anilines is 1. The Labute approximate surface area is 110 Å². The second kappa shape index (κ2) is 4.65. The lowest BCUT2D eigenvalue weighted by Crippen LogP contribution is -2.24. The molecule has 0 N–H and O–H groups in total. The van der Waals surface area contributed by atoms with Gasteiger partial charge in [0.25, 0.3) is 0 Å². The number of benzene rings is 1. The van der Waals surface area contributed by atoms with Gasteiger partial charge in [0.05, 0.1) is 0 Å². The summed E-state index contributed by atoms with van der Waals surface area (Å²) in [7, 11) is 0. The molecular formula is C14H16BrNO. The van der Waals surface area contributed by atoms with Crippen molar-refractivity contribution in [1.29, 1.82) is 0 Å². The van der Waals surface area contributed by atoms with E-state index in [0.29, 0.717) is 6.42 Å². The van der Waals surface area contributed by atoms with Crippen LogP contribution in [0.4, 0.5) is 5.69 Å². The Hall–Kier alpha value is -1.09. The predicted molar refractivity (Wildman–Crippen MR) is 74.3 cm³/mol. The number of carbonyl (C=O) groups is 1. The van der Waals surface area contributed by atoms with Gasteiger partial charge in [-0.25, -0.2) is 0 Å². The SMILES string of the molecule is C=CC1CC(=O)N(c2cc(C)c(Br)c(C)c2)C1. The highest BCUT2D eigenvalue weighted by Crippen LogP contribution is 2.31. The summed E-state index contributed by atoms with van der Waals surface area (Å²) in [5, 5.41) is 0. The van der Waals surface area contributed by atoms with Crippen LogP contribution >= 0.6 is 15.9 Å². The number of hydrogen-bond donors (Lipinski definition) is 0. The first-order valence-electron chi connectivity index (χ1n) is 5.72. The van der Waals surface area contributed by atoms with Gasteiger partial charge < -0.3 is 4.90 Å². The molecule has 0 aliphatic carbocycles. The summed E-state index contributed by atoms with van der Waals surface area (Å²) in [5.74, 6) is 0.475. The van der Waals surface area contributed by atoms with E-state index >= 15 is 0 Å². The first-order chi connectivity index (χ1) is 8.02. The average molecular weight is 294 g/mol. The van der Waals surface area contributed by atoms with Gasteiger partial charge in [0.15, 0.2) is 0 Å². The van der Waals surface area contributed by atoms with Crippen LogP contribution < -0.4 is 4.90 Å². The molecule has 1 amide bonds. The Kier molecular flexibility index (Phi) is 3.38. The van der Waals surface area contributed by atoms with E-state index in [9.17, 15) is 4.79 Å². The normalized spacial score (nSPS) is 19.8. The van der Waals surface area contributed by atoms with Crippen molar-refractivity contribution < 1.29 is 4.79 Å². The Morgan fingerprint density at radius 2 is 2.00 bits per heavy atom. The zero-order valence-electron chi connectivity index (χ0n) is 10.2. The van der Waals surface area contributed by atoms with Gasteiger partial charge in [-0.3, -0.25) is 4.79 Å². The Morgan fingerprint density at radius 3 is 2.47 bits per heavy atom. The van der Waals surface area contributed by atoms with Gasteiger partial charge in [-0.1, -0.05) is 22.0 Å². The molecule has 1 saturated heterocycles. The van der Waals surface area contributed by atoms with Crippen molar-refractivity contribution in [2.75, 3.05) is 11.4 Å². The molecule has 0 aromatic heterocycles. The van der Waals surface area contributed by atoms with Gasteiger partial charge in [0.2, 0.25) is 5.91 Å². The van der Waals surface area contributed by atoms with Crippen LogP contribution in [0.3, 0.4) is 0 Å². The zero-order valence-corrected chi connectivity index (χ0v) is 11.8. The first kappa shape index (κ1) is 12.4. The highest BCUT2D eigenvalue weighted by atomic mass is 79.9. The maximum absolute atomic E-state index is 11.9. The van der Waals surface area contributed by atoms with Crippen LogP contribution in [0, 0.1) is 19.8 Å². The monoisotopic (exact) mass is 293 g/mol. The van der Waals surface area contributed by atoms with E-state index in [2.05, 4.69) is 34.6 Å². The van der Waals surface area contributed by atoms with Crippen molar-refractivity contribution in [3.63, 3.8) is 0 Å². The minimum atomic E-state index is 0.191. The van der Waals surface area contributed by atoms with E-state index in [1.807, 2.05) is 24.8 Å². The molecule has 1 fully saturated rings. The predicted octanol–water partition coefficient (Wildman–Crippen LogP) is 3.60. The van der Waals surface area contributed by atoms with Gasteiger partial charge in [0.1, 0.15) is 0 Å². The Balaban J connectivity index is 2.35.